The summed E-state index contributed by atoms with van der Waals surface area (Å²) in [5.41, 5.74) is 7.30. The van der Waals surface area contributed by atoms with Crippen molar-refractivity contribution in [3.8, 4) is 0 Å². The Morgan fingerprint density at radius 3 is 2.59 bits per heavy atom. The Balaban J connectivity index is 2.15. The molecule has 22 heavy (non-hydrogen) atoms. The van der Waals surface area contributed by atoms with Gasteiger partial charge in [-0.1, -0.05) is 6.07 Å². The van der Waals surface area contributed by atoms with Crippen molar-refractivity contribution in [3.05, 3.63) is 29.3 Å². The van der Waals surface area contributed by atoms with Crippen molar-refractivity contribution in [2.45, 2.75) is 44.4 Å². The maximum absolute atomic E-state index is 12.8. The van der Waals surface area contributed by atoms with Gasteiger partial charge in [-0.15, -0.1) is 0 Å². The van der Waals surface area contributed by atoms with E-state index < -0.39 is 10.0 Å². The molecule has 1 amide bonds. The summed E-state index contributed by atoms with van der Waals surface area (Å²) in [6.45, 7) is 4.84. The molecule has 0 radical (unpaired) electrons. The quantitative estimate of drug-likeness (QED) is 0.919. The van der Waals surface area contributed by atoms with Crippen LogP contribution in [0.25, 0.3) is 0 Å². The molecule has 0 bridgehead atoms. The van der Waals surface area contributed by atoms with E-state index >= 15 is 0 Å². The van der Waals surface area contributed by atoms with E-state index in [1.807, 2.05) is 19.9 Å². The lowest BCUT2D eigenvalue weighted by Crippen LogP contribution is -2.32. The molecule has 122 valence electrons. The summed E-state index contributed by atoms with van der Waals surface area (Å²) in [5.74, 6) is -0.118. The molecule has 0 aromatic heterocycles. The second kappa shape index (κ2) is 6.79. The molecular weight excluding hydrogens is 300 g/mol. The van der Waals surface area contributed by atoms with E-state index in [-0.39, 0.29) is 11.8 Å². The van der Waals surface area contributed by atoms with Crippen molar-refractivity contribution in [2.24, 2.45) is 11.7 Å². The third-order valence-corrected chi connectivity index (χ3v) is 6.31. The first-order valence-electron chi connectivity index (χ1n) is 7.66. The van der Waals surface area contributed by atoms with Crippen molar-refractivity contribution in [1.29, 1.82) is 0 Å². The lowest BCUT2D eigenvalue weighted by atomic mass is 9.97. The van der Waals surface area contributed by atoms with Gasteiger partial charge in [0.25, 0.3) is 0 Å². The summed E-state index contributed by atoms with van der Waals surface area (Å²) in [7, 11) is -3.46. The highest BCUT2D eigenvalue weighted by atomic mass is 32.2. The van der Waals surface area contributed by atoms with E-state index in [2.05, 4.69) is 0 Å². The molecule has 2 N–H and O–H groups in total. The number of aryl methyl sites for hydroxylation is 2. The summed E-state index contributed by atoms with van der Waals surface area (Å²) in [6.07, 6.45) is 2.65. The number of nitrogens with two attached hydrogens (primary N) is 1. The van der Waals surface area contributed by atoms with E-state index in [4.69, 9.17) is 5.73 Å². The maximum atomic E-state index is 12.8. The molecule has 1 aromatic rings. The van der Waals surface area contributed by atoms with Gasteiger partial charge in [0.2, 0.25) is 15.9 Å². The Labute approximate surface area is 132 Å². The lowest BCUT2D eigenvalue weighted by Gasteiger charge is -2.20. The van der Waals surface area contributed by atoms with Crippen molar-refractivity contribution >= 4 is 15.9 Å². The van der Waals surface area contributed by atoms with Crippen LogP contribution >= 0.6 is 0 Å². The van der Waals surface area contributed by atoms with Crippen molar-refractivity contribution in [1.82, 2.24) is 4.31 Å². The first kappa shape index (κ1) is 17.0. The summed E-state index contributed by atoms with van der Waals surface area (Å²) < 4.78 is 27.1. The number of amides is 1. The van der Waals surface area contributed by atoms with Crippen LogP contribution in [0.1, 0.15) is 36.8 Å². The predicted octanol–water partition coefficient (Wildman–Crippen LogP) is 1.97. The molecule has 0 saturated carbocycles. The minimum atomic E-state index is -3.46. The monoisotopic (exact) mass is 324 g/mol. The van der Waals surface area contributed by atoms with Gasteiger partial charge in [-0.2, -0.15) is 4.31 Å². The molecule has 1 unspecified atom stereocenters. The minimum Gasteiger partial charge on any atom is -0.370 e. The fourth-order valence-corrected chi connectivity index (χ4v) is 4.47. The number of rotatable bonds is 4. The predicted molar refractivity (Wildman–Crippen MR) is 85.8 cm³/mol. The molecule has 2 rings (SSSR count). The number of hydrogen-bond acceptors (Lipinski definition) is 3. The van der Waals surface area contributed by atoms with Crippen LogP contribution in [0.4, 0.5) is 0 Å². The van der Waals surface area contributed by atoms with E-state index in [1.54, 1.807) is 12.1 Å². The Hall–Kier alpha value is -1.40. The smallest absolute Gasteiger partial charge is 0.243 e. The number of carbonyl (C=O) groups is 1. The van der Waals surface area contributed by atoms with Crippen LogP contribution in [0, 0.1) is 19.8 Å². The highest BCUT2D eigenvalue weighted by molar-refractivity contribution is 7.89. The average Bonchev–Trinajstić information content (AvgIpc) is 2.67. The molecule has 5 nitrogen and oxygen atoms in total. The van der Waals surface area contributed by atoms with E-state index in [9.17, 15) is 13.2 Å². The highest BCUT2D eigenvalue weighted by Crippen LogP contribution is 2.25. The molecule has 1 heterocycles. The summed E-state index contributed by atoms with van der Waals surface area (Å²) in [4.78, 5) is 11.4. The van der Waals surface area contributed by atoms with Gasteiger partial charge in [0.1, 0.15) is 0 Å². The van der Waals surface area contributed by atoms with Gasteiger partial charge in [-0.05, 0) is 62.3 Å². The number of carbonyl (C=O) groups excluding carboxylic acids is 1. The van der Waals surface area contributed by atoms with Crippen LogP contribution in [0.2, 0.25) is 0 Å². The Morgan fingerprint density at radius 2 is 1.95 bits per heavy atom. The van der Waals surface area contributed by atoms with Crippen LogP contribution in [0.3, 0.4) is 0 Å². The lowest BCUT2D eigenvalue weighted by molar-refractivity contribution is -0.119. The maximum Gasteiger partial charge on any atom is 0.243 e. The second-order valence-corrected chi connectivity index (χ2v) is 8.06. The van der Waals surface area contributed by atoms with Crippen molar-refractivity contribution in [3.63, 3.8) is 0 Å². The highest BCUT2D eigenvalue weighted by Gasteiger charge is 2.28. The van der Waals surface area contributed by atoms with Crippen molar-refractivity contribution in [2.75, 3.05) is 13.1 Å². The molecule has 1 saturated heterocycles. The number of primary amides is 1. The molecule has 1 aliphatic heterocycles. The van der Waals surface area contributed by atoms with Gasteiger partial charge in [0.05, 0.1) is 4.90 Å². The third kappa shape index (κ3) is 3.87. The normalized spacial score (nSPS) is 20.5. The fraction of sp³-hybridized carbons (Fsp3) is 0.562. The summed E-state index contributed by atoms with van der Waals surface area (Å²) in [6, 6.07) is 5.25. The molecule has 1 atom stereocenters. The Morgan fingerprint density at radius 1 is 1.23 bits per heavy atom. The average molecular weight is 324 g/mol. The molecule has 0 aliphatic carbocycles. The van der Waals surface area contributed by atoms with Crippen molar-refractivity contribution < 1.29 is 13.2 Å². The van der Waals surface area contributed by atoms with E-state index in [1.165, 1.54) is 4.31 Å². The number of benzene rings is 1. The van der Waals surface area contributed by atoms with Gasteiger partial charge in [0, 0.05) is 19.5 Å². The Kier molecular flexibility index (Phi) is 5.24. The molecule has 1 aliphatic rings. The largest absolute Gasteiger partial charge is 0.370 e. The standard InChI is InChI=1S/C16H24N2O3S/c1-12-5-6-15(10-13(12)2)22(20,21)18-8-3-4-14(7-9-18)11-16(17)19/h5-6,10,14H,3-4,7-9,11H2,1-2H3,(H2,17,19). The molecular formula is C16H24N2O3S. The fourth-order valence-electron chi connectivity index (χ4n) is 2.89. The number of hydrogen-bond donors (Lipinski definition) is 1. The third-order valence-electron chi connectivity index (χ3n) is 4.41. The van der Waals surface area contributed by atoms with Crippen LogP contribution < -0.4 is 5.73 Å². The van der Waals surface area contributed by atoms with Gasteiger partial charge in [0.15, 0.2) is 0 Å². The summed E-state index contributed by atoms with van der Waals surface area (Å²) in [5, 5.41) is 0. The van der Waals surface area contributed by atoms with Gasteiger partial charge in [-0.3, -0.25) is 4.79 Å². The van der Waals surface area contributed by atoms with Crippen LogP contribution in [-0.2, 0) is 14.8 Å². The minimum absolute atomic E-state index is 0.192. The zero-order valence-electron chi connectivity index (χ0n) is 13.2. The molecule has 6 heteroatoms. The zero-order chi connectivity index (χ0) is 16.3. The van der Waals surface area contributed by atoms with E-state index in [0.717, 1.165) is 24.0 Å². The molecule has 1 aromatic carbocycles. The summed E-state index contributed by atoms with van der Waals surface area (Å²) >= 11 is 0. The Bertz CT molecular complexity index is 655. The number of nitrogens with zero attached hydrogens (tertiary/aromatic N) is 1. The second-order valence-electron chi connectivity index (χ2n) is 6.12. The zero-order valence-corrected chi connectivity index (χ0v) is 14.0. The van der Waals surface area contributed by atoms with Gasteiger partial charge < -0.3 is 5.73 Å². The first-order valence-corrected chi connectivity index (χ1v) is 9.10. The number of sulfonamides is 1. The van der Waals surface area contributed by atoms with Crippen LogP contribution in [-0.4, -0.2) is 31.7 Å². The van der Waals surface area contributed by atoms with E-state index in [0.29, 0.717) is 30.8 Å². The first-order chi connectivity index (χ1) is 10.3. The SMILES string of the molecule is Cc1ccc(S(=O)(=O)N2CCCC(CC(N)=O)CC2)cc1C. The van der Waals surface area contributed by atoms with Crippen LogP contribution in [0.5, 0.6) is 0 Å². The van der Waals surface area contributed by atoms with Crippen LogP contribution in [0.15, 0.2) is 23.1 Å². The topological polar surface area (TPSA) is 80.5 Å². The van der Waals surface area contributed by atoms with Gasteiger partial charge >= 0.3 is 0 Å². The van der Waals surface area contributed by atoms with Gasteiger partial charge in [-0.25, -0.2) is 8.42 Å². The molecule has 0 spiro atoms. The molecule has 1 fully saturated rings.